The monoisotopic (exact) mass is 290 g/mol. The maximum absolute atomic E-state index is 12.4. The Morgan fingerprint density at radius 1 is 1.29 bits per heavy atom. The summed E-state index contributed by atoms with van der Waals surface area (Å²) in [5.41, 5.74) is 6.63. The van der Waals surface area contributed by atoms with Crippen molar-refractivity contribution in [2.75, 3.05) is 13.2 Å². The van der Waals surface area contributed by atoms with Gasteiger partial charge in [0.15, 0.2) is 6.61 Å². The molecule has 4 nitrogen and oxygen atoms in total. The van der Waals surface area contributed by atoms with E-state index in [0.29, 0.717) is 12.6 Å². The lowest BCUT2D eigenvalue weighted by molar-refractivity contribution is -0.135. The second kappa shape index (κ2) is 8.03. The molecule has 1 heterocycles. The summed E-state index contributed by atoms with van der Waals surface area (Å²) >= 11 is 0. The molecule has 2 rings (SSSR count). The number of likely N-dealkylation sites (tertiary alicyclic amines) is 1. The van der Waals surface area contributed by atoms with E-state index in [4.69, 9.17) is 10.5 Å². The van der Waals surface area contributed by atoms with Gasteiger partial charge in [0, 0.05) is 19.1 Å². The summed E-state index contributed by atoms with van der Waals surface area (Å²) in [4.78, 5) is 14.4. The van der Waals surface area contributed by atoms with E-state index in [1.807, 2.05) is 29.2 Å². The summed E-state index contributed by atoms with van der Waals surface area (Å²) in [6.07, 6.45) is 5.70. The first-order valence-electron chi connectivity index (χ1n) is 7.96. The zero-order chi connectivity index (χ0) is 15.1. The Bertz CT molecular complexity index is 445. The molecule has 1 aliphatic heterocycles. The van der Waals surface area contributed by atoms with Crippen LogP contribution in [0.1, 0.15) is 44.6 Å². The number of nitrogens with two attached hydrogens (primary N) is 1. The molecule has 1 aromatic carbocycles. The Morgan fingerprint density at radius 2 is 2.05 bits per heavy atom. The average molecular weight is 290 g/mol. The molecule has 1 aliphatic rings. The van der Waals surface area contributed by atoms with Crippen molar-refractivity contribution in [3.05, 3.63) is 29.8 Å². The van der Waals surface area contributed by atoms with E-state index in [2.05, 4.69) is 6.92 Å². The topological polar surface area (TPSA) is 55.6 Å². The standard InChI is InChI=1S/C17H26N2O2/c1-2-15-6-4-3-5-11-19(15)17(20)13-21-16-9-7-14(12-18)8-10-16/h7-10,15H,2-6,11-13,18H2,1H3. The number of nitrogens with zero attached hydrogens (tertiary/aromatic N) is 1. The molecular formula is C17H26N2O2. The molecule has 4 heteroatoms. The Labute approximate surface area is 127 Å². The van der Waals surface area contributed by atoms with Crippen LogP contribution >= 0.6 is 0 Å². The van der Waals surface area contributed by atoms with Gasteiger partial charge in [-0.05, 0) is 37.0 Å². The lowest BCUT2D eigenvalue weighted by atomic mass is 10.1. The molecule has 1 unspecified atom stereocenters. The van der Waals surface area contributed by atoms with Crippen molar-refractivity contribution in [3.63, 3.8) is 0 Å². The van der Waals surface area contributed by atoms with Gasteiger partial charge in [0.1, 0.15) is 5.75 Å². The number of hydrogen-bond acceptors (Lipinski definition) is 3. The molecular weight excluding hydrogens is 264 g/mol. The molecule has 1 fully saturated rings. The van der Waals surface area contributed by atoms with E-state index < -0.39 is 0 Å². The van der Waals surface area contributed by atoms with E-state index >= 15 is 0 Å². The largest absolute Gasteiger partial charge is 0.484 e. The van der Waals surface area contributed by atoms with Gasteiger partial charge < -0.3 is 15.4 Å². The fraction of sp³-hybridized carbons (Fsp3) is 0.588. The second-order valence-electron chi connectivity index (χ2n) is 5.64. The maximum atomic E-state index is 12.4. The predicted molar refractivity (Wildman–Crippen MR) is 84.1 cm³/mol. The SMILES string of the molecule is CCC1CCCCCN1C(=O)COc1ccc(CN)cc1. The highest BCUT2D eigenvalue weighted by Crippen LogP contribution is 2.19. The Kier molecular flexibility index (Phi) is 6.05. The fourth-order valence-electron chi connectivity index (χ4n) is 2.88. The summed E-state index contributed by atoms with van der Waals surface area (Å²) in [6.45, 7) is 3.67. The van der Waals surface area contributed by atoms with E-state index in [0.717, 1.165) is 37.1 Å². The van der Waals surface area contributed by atoms with Gasteiger partial charge in [-0.15, -0.1) is 0 Å². The van der Waals surface area contributed by atoms with Crippen LogP contribution in [0.2, 0.25) is 0 Å². The Morgan fingerprint density at radius 3 is 2.71 bits per heavy atom. The van der Waals surface area contributed by atoms with E-state index in [1.54, 1.807) is 0 Å². The van der Waals surface area contributed by atoms with Gasteiger partial charge in [-0.2, -0.15) is 0 Å². The third-order valence-corrected chi connectivity index (χ3v) is 4.19. The highest BCUT2D eigenvalue weighted by molar-refractivity contribution is 5.78. The third-order valence-electron chi connectivity index (χ3n) is 4.19. The highest BCUT2D eigenvalue weighted by Gasteiger charge is 2.24. The van der Waals surface area contributed by atoms with Crippen LogP contribution < -0.4 is 10.5 Å². The molecule has 2 N–H and O–H groups in total. The first-order valence-corrected chi connectivity index (χ1v) is 7.96. The molecule has 0 spiro atoms. The number of benzene rings is 1. The summed E-state index contributed by atoms with van der Waals surface area (Å²) < 4.78 is 5.62. The minimum atomic E-state index is 0.103. The Balaban J connectivity index is 1.89. The first kappa shape index (κ1) is 15.8. The van der Waals surface area contributed by atoms with Crippen LogP contribution in [0.5, 0.6) is 5.75 Å². The number of carbonyl (C=O) groups excluding carboxylic acids is 1. The Hall–Kier alpha value is -1.55. The van der Waals surface area contributed by atoms with Gasteiger partial charge >= 0.3 is 0 Å². The summed E-state index contributed by atoms with van der Waals surface area (Å²) in [5.74, 6) is 0.829. The predicted octanol–water partition coefficient (Wildman–Crippen LogP) is 2.71. The molecule has 21 heavy (non-hydrogen) atoms. The van der Waals surface area contributed by atoms with Crippen molar-refractivity contribution in [3.8, 4) is 5.75 Å². The summed E-state index contributed by atoms with van der Waals surface area (Å²) in [5, 5.41) is 0. The van der Waals surface area contributed by atoms with Gasteiger partial charge in [0.25, 0.3) is 5.91 Å². The molecule has 1 atom stereocenters. The molecule has 1 amide bonds. The molecule has 0 bridgehead atoms. The lowest BCUT2D eigenvalue weighted by Crippen LogP contribution is -2.42. The number of rotatable bonds is 5. The van der Waals surface area contributed by atoms with Crippen LogP contribution in [0.4, 0.5) is 0 Å². The zero-order valence-corrected chi connectivity index (χ0v) is 12.9. The lowest BCUT2D eigenvalue weighted by Gasteiger charge is -2.29. The number of carbonyl (C=O) groups is 1. The highest BCUT2D eigenvalue weighted by atomic mass is 16.5. The normalized spacial score (nSPS) is 19.1. The number of amides is 1. The van der Waals surface area contributed by atoms with Crippen LogP contribution in [0, 0.1) is 0 Å². The summed E-state index contributed by atoms with van der Waals surface area (Å²) in [7, 11) is 0. The molecule has 0 saturated carbocycles. The minimum Gasteiger partial charge on any atom is -0.484 e. The fourth-order valence-corrected chi connectivity index (χ4v) is 2.88. The second-order valence-corrected chi connectivity index (χ2v) is 5.64. The quantitative estimate of drug-likeness (QED) is 0.907. The third kappa shape index (κ3) is 4.46. The molecule has 0 aromatic heterocycles. The van der Waals surface area contributed by atoms with Crippen molar-refractivity contribution in [2.24, 2.45) is 5.73 Å². The van der Waals surface area contributed by atoms with Crippen molar-refractivity contribution in [1.82, 2.24) is 4.90 Å². The van der Waals surface area contributed by atoms with Gasteiger partial charge in [-0.3, -0.25) is 4.79 Å². The van der Waals surface area contributed by atoms with Gasteiger partial charge in [-0.25, -0.2) is 0 Å². The zero-order valence-electron chi connectivity index (χ0n) is 12.9. The van der Waals surface area contributed by atoms with Crippen LogP contribution in [0.15, 0.2) is 24.3 Å². The molecule has 0 aliphatic carbocycles. The summed E-state index contributed by atoms with van der Waals surface area (Å²) in [6, 6.07) is 7.98. The molecule has 0 radical (unpaired) electrons. The smallest absolute Gasteiger partial charge is 0.260 e. The van der Waals surface area contributed by atoms with Crippen molar-refractivity contribution in [1.29, 1.82) is 0 Å². The van der Waals surface area contributed by atoms with E-state index in [-0.39, 0.29) is 12.5 Å². The van der Waals surface area contributed by atoms with Gasteiger partial charge in [-0.1, -0.05) is 31.9 Å². The number of hydrogen-bond donors (Lipinski definition) is 1. The van der Waals surface area contributed by atoms with Crippen LogP contribution in [-0.4, -0.2) is 30.0 Å². The molecule has 1 saturated heterocycles. The van der Waals surface area contributed by atoms with Crippen LogP contribution in [0.3, 0.4) is 0 Å². The van der Waals surface area contributed by atoms with Crippen molar-refractivity contribution in [2.45, 2.75) is 51.6 Å². The van der Waals surface area contributed by atoms with Gasteiger partial charge in [0.05, 0.1) is 0 Å². The molecule has 1 aromatic rings. The van der Waals surface area contributed by atoms with E-state index in [9.17, 15) is 4.79 Å². The minimum absolute atomic E-state index is 0.103. The molecule has 116 valence electrons. The first-order chi connectivity index (χ1) is 10.2. The van der Waals surface area contributed by atoms with Crippen LogP contribution in [0.25, 0.3) is 0 Å². The average Bonchev–Trinajstić information content (AvgIpc) is 2.78. The van der Waals surface area contributed by atoms with E-state index in [1.165, 1.54) is 12.8 Å². The van der Waals surface area contributed by atoms with Crippen molar-refractivity contribution < 1.29 is 9.53 Å². The number of ether oxygens (including phenoxy) is 1. The van der Waals surface area contributed by atoms with Crippen LogP contribution in [-0.2, 0) is 11.3 Å². The van der Waals surface area contributed by atoms with Gasteiger partial charge in [0.2, 0.25) is 0 Å². The van der Waals surface area contributed by atoms with Crippen molar-refractivity contribution >= 4 is 5.91 Å². The maximum Gasteiger partial charge on any atom is 0.260 e.